The number of nitrogens with zero attached hydrogens (tertiary/aromatic N) is 1. The minimum atomic E-state index is -0.931. The van der Waals surface area contributed by atoms with Crippen LogP contribution in [0.3, 0.4) is 0 Å². The molecule has 2 amide bonds. The molecule has 0 atom stereocenters. The molecule has 0 N–H and O–H groups in total. The molecule has 0 unspecified atom stereocenters. The fourth-order valence-corrected chi connectivity index (χ4v) is 1.90. The molecule has 17 heavy (non-hydrogen) atoms. The van der Waals surface area contributed by atoms with Crippen LogP contribution in [0.1, 0.15) is 28.4 Å². The SMILES string of the molecule is C=Cc1cccc2c1/C(=C\C)C(=O)N(F)C2=O. The number of hydrogen-bond acceptors (Lipinski definition) is 2. The van der Waals surface area contributed by atoms with Crippen molar-refractivity contribution in [3.63, 3.8) is 0 Å². The molecule has 86 valence electrons. The van der Waals surface area contributed by atoms with Crippen LogP contribution in [0.5, 0.6) is 0 Å². The van der Waals surface area contributed by atoms with Gasteiger partial charge in [-0.25, -0.2) is 0 Å². The van der Waals surface area contributed by atoms with E-state index in [0.29, 0.717) is 11.1 Å². The van der Waals surface area contributed by atoms with Crippen LogP contribution in [0.15, 0.2) is 30.9 Å². The maximum Gasteiger partial charge on any atom is 0.290 e. The number of rotatable bonds is 1. The summed E-state index contributed by atoms with van der Waals surface area (Å²) < 4.78 is 13.4. The van der Waals surface area contributed by atoms with Crippen molar-refractivity contribution in [2.45, 2.75) is 6.92 Å². The van der Waals surface area contributed by atoms with E-state index in [1.54, 1.807) is 19.1 Å². The first kappa shape index (κ1) is 11.3. The summed E-state index contributed by atoms with van der Waals surface area (Å²) in [6, 6.07) is 4.85. The smallest absolute Gasteiger partial charge is 0.266 e. The third kappa shape index (κ3) is 1.49. The number of amides is 2. The zero-order valence-corrected chi connectivity index (χ0v) is 9.24. The molecule has 0 fully saturated rings. The second-order valence-corrected chi connectivity index (χ2v) is 3.57. The zero-order valence-electron chi connectivity index (χ0n) is 9.24. The highest BCUT2D eigenvalue weighted by molar-refractivity contribution is 6.30. The lowest BCUT2D eigenvalue weighted by molar-refractivity contribution is -0.134. The molecule has 0 aromatic heterocycles. The molecule has 4 heteroatoms. The van der Waals surface area contributed by atoms with E-state index in [2.05, 4.69) is 6.58 Å². The van der Waals surface area contributed by atoms with Crippen molar-refractivity contribution in [3.05, 3.63) is 47.5 Å². The number of carbonyl (C=O) groups excluding carboxylic acids is 2. The Kier molecular flexibility index (Phi) is 2.63. The first-order valence-electron chi connectivity index (χ1n) is 5.08. The van der Waals surface area contributed by atoms with Gasteiger partial charge in [-0.1, -0.05) is 35.3 Å². The Hall–Kier alpha value is -2.23. The van der Waals surface area contributed by atoms with Crippen molar-refractivity contribution in [1.82, 2.24) is 5.12 Å². The molecule has 0 saturated heterocycles. The van der Waals surface area contributed by atoms with Crippen molar-refractivity contribution < 1.29 is 14.1 Å². The van der Waals surface area contributed by atoms with Crippen LogP contribution >= 0.6 is 0 Å². The molecule has 1 aromatic carbocycles. The van der Waals surface area contributed by atoms with Crippen LogP contribution in [0.2, 0.25) is 0 Å². The summed E-state index contributed by atoms with van der Waals surface area (Å²) in [7, 11) is 0. The molecule has 0 radical (unpaired) electrons. The van der Waals surface area contributed by atoms with E-state index in [-0.39, 0.29) is 16.3 Å². The van der Waals surface area contributed by atoms with Crippen molar-refractivity contribution in [1.29, 1.82) is 0 Å². The van der Waals surface area contributed by atoms with E-state index in [4.69, 9.17) is 0 Å². The van der Waals surface area contributed by atoms with Gasteiger partial charge in [0.05, 0.1) is 5.56 Å². The average Bonchev–Trinajstić information content (AvgIpc) is 2.36. The maximum absolute atomic E-state index is 13.4. The van der Waals surface area contributed by atoms with E-state index in [1.165, 1.54) is 18.2 Å². The normalized spacial score (nSPS) is 17.3. The van der Waals surface area contributed by atoms with Crippen LogP contribution in [0, 0.1) is 0 Å². The van der Waals surface area contributed by atoms with Crippen molar-refractivity contribution in [3.8, 4) is 0 Å². The average molecular weight is 231 g/mol. The van der Waals surface area contributed by atoms with Gasteiger partial charge in [0.2, 0.25) is 0 Å². The first-order chi connectivity index (χ1) is 8.11. The van der Waals surface area contributed by atoms with Crippen LogP contribution in [0.25, 0.3) is 11.6 Å². The molecule has 1 aliphatic rings. The summed E-state index contributed by atoms with van der Waals surface area (Å²) in [6.45, 7) is 5.25. The van der Waals surface area contributed by atoms with Gasteiger partial charge in [0.15, 0.2) is 0 Å². The number of fused-ring (bicyclic) bond motifs is 1. The second-order valence-electron chi connectivity index (χ2n) is 3.57. The molecule has 1 aromatic rings. The first-order valence-corrected chi connectivity index (χ1v) is 5.08. The van der Waals surface area contributed by atoms with E-state index in [1.807, 2.05) is 0 Å². The van der Waals surface area contributed by atoms with Crippen molar-refractivity contribution in [2.75, 3.05) is 0 Å². The lowest BCUT2D eigenvalue weighted by Gasteiger charge is -2.22. The molecule has 0 spiro atoms. The fraction of sp³-hybridized carbons (Fsp3) is 0.0769. The van der Waals surface area contributed by atoms with E-state index < -0.39 is 11.8 Å². The van der Waals surface area contributed by atoms with Crippen LogP contribution in [-0.2, 0) is 4.79 Å². The van der Waals surface area contributed by atoms with Gasteiger partial charge in [-0.3, -0.25) is 9.59 Å². The van der Waals surface area contributed by atoms with Gasteiger partial charge in [0.25, 0.3) is 11.8 Å². The second kappa shape index (κ2) is 3.97. The largest absolute Gasteiger partial charge is 0.290 e. The zero-order chi connectivity index (χ0) is 12.6. The van der Waals surface area contributed by atoms with Gasteiger partial charge in [0, 0.05) is 11.1 Å². The predicted molar refractivity (Wildman–Crippen MR) is 62.5 cm³/mol. The monoisotopic (exact) mass is 231 g/mol. The summed E-state index contributed by atoms with van der Waals surface area (Å²) in [5.74, 6) is -1.86. The Labute approximate surface area is 97.8 Å². The summed E-state index contributed by atoms with van der Waals surface area (Å²) >= 11 is 0. The Morgan fingerprint density at radius 3 is 2.59 bits per heavy atom. The minimum Gasteiger partial charge on any atom is -0.266 e. The van der Waals surface area contributed by atoms with Gasteiger partial charge >= 0.3 is 0 Å². The molecule has 1 heterocycles. The van der Waals surface area contributed by atoms with E-state index in [0.717, 1.165) is 0 Å². The maximum atomic E-state index is 13.4. The highest BCUT2D eigenvalue weighted by atomic mass is 19.2. The summed E-state index contributed by atoms with van der Waals surface area (Å²) in [5, 5.41) is -0.357. The molecule has 2 rings (SSSR count). The number of allylic oxidation sites excluding steroid dienone is 1. The van der Waals surface area contributed by atoms with E-state index in [9.17, 15) is 14.1 Å². The van der Waals surface area contributed by atoms with Crippen LogP contribution < -0.4 is 0 Å². The van der Waals surface area contributed by atoms with Gasteiger partial charge in [-0.15, -0.1) is 5.12 Å². The molecule has 0 saturated carbocycles. The molecule has 1 aliphatic heterocycles. The summed E-state index contributed by atoms with van der Waals surface area (Å²) in [5.41, 5.74) is 1.45. The summed E-state index contributed by atoms with van der Waals surface area (Å²) in [6.07, 6.45) is 3.03. The Bertz CT molecular complexity index is 561. The fourth-order valence-electron chi connectivity index (χ4n) is 1.90. The Morgan fingerprint density at radius 2 is 2.00 bits per heavy atom. The van der Waals surface area contributed by atoms with Gasteiger partial charge in [-0.05, 0) is 18.6 Å². The van der Waals surface area contributed by atoms with Crippen LogP contribution in [-0.4, -0.2) is 16.9 Å². The topological polar surface area (TPSA) is 37.4 Å². The van der Waals surface area contributed by atoms with Crippen molar-refractivity contribution >= 4 is 23.5 Å². The Balaban J connectivity index is 2.82. The molecular weight excluding hydrogens is 221 g/mol. The standard InChI is InChI=1S/C13H10FNO2/c1-3-8-6-5-7-10-11(8)9(4-2)12(16)15(14)13(10)17/h3-7H,1H2,2H3/b9-4+. The van der Waals surface area contributed by atoms with Gasteiger partial charge < -0.3 is 0 Å². The number of benzene rings is 1. The third-order valence-electron chi connectivity index (χ3n) is 2.69. The predicted octanol–water partition coefficient (Wildman–Crippen LogP) is 2.60. The molecular formula is C13H10FNO2. The lowest BCUT2D eigenvalue weighted by Crippen LogP contribution is -2.35. The van der Waals surface area contributed by atoms with Gasteiger partial charge in [-0.2, -0.15) is 0 Å². The number of hydrogen-bond donors (Lipinski definition) is 0. The molecule has 3 nitrogen and oxygen atoms in total. The summed E-state index contributed by atoms with van der Waals surface area (Å²) in [4.78, 5) is 23.3. The molecule has 0 bridgehead atoms. The Morgan fingerprint density at radius 1 is 1.29 bits per heavy atom. The van der Waals surface area contributed by atoms with E-state index >= 15 is 0 Å². The van der Waals surface area contributed by atoms with Gasteiger partial charge in [0.1, 0.15) is 0 Å². The number of carbonyl (C=O) groups is 2. The third-order valence-corrected chi connectivity index (χ3v) is 2.69. The highest BCUT2D eigenvalue weighted by Crippen LogP contribution is 2.32. The minimum absolute atomic E-state index is 0.178. The highest BCUT2D eigenvalue weighted by Gasteiger charge is 2.35. The quantitative estimate of drug-likeness (QED) is 0.423. The lowest BCUT2D eigenvalue weighted by atomic mass is 9.90. The number of halogens is 1. The van der Waals surface area contributed by atoms with Crippen molar-refractivity contribution in [2.24, 2.45) is 0 Å². The number of imide groups is 1. The molecule has 0 aliphatic carbocycles. The van der Waals surface area contributed by atoms with Crippen LogP contribution in [0.4, 0.5) is 4.48 Å².